The number of ether oxygens (including phenoxy) is 1. The zero-order valence-electron chi connectivity index (χ0n) is 11.7. The second kappa shape index (κ2) is 6.99. The molecule has 0 aliphatic rings. The first-order chi connectivity index (χ1) is 10.0. The smallest absolute Gasteiger partial charge is 0.227 e. The van der Waals surface area contributed by atoms with Crippen molar-refractivity contribution >= 4 is 28.9 Å². The van der Waals surface area contributed by atoms with Gasteiger partial charge >= 0.3 is 0 Å². The molecule has 0 aromatic heterocycles. The molecule has 0 saturated heterocycles. The Balaban J connectivity index is 1.81. The van der Waals surface area contributed by atoms with Crippen LogP contribution in [0.15, 0.2) is 42.5 Å². The minimum absolute atomic E-state index is 0.126. The van der Waals surface area contributed by atoms with Crippen LogP contribution in [0.2, 0.25) is 5.02 Å². The van der Waals surface area contributed by atoms with Gasteiger partial charge in [-0.2, -0.15) is 0 Å². The highest BCUT2D eigenvalue weighted by atomic mass is 35.5. The van der Waals surface area contributed by atoms with Gasteiger partial charge in [0.1, 0.15) is 5.75 Å². The van der Waals surface area contributed by atoms with E-state index in [9.17, 15) is 4.79 Å². The monoisotopic (exact) mass is 304 g/mol. The van der Waals surface area contributed by atoms with Crippen molar-refractivity contribution in [3.05, 3.63) is 53.1 Å². The van der Waals surface area contributed by atoms with Gasteiger partial charge < -0.3 is 15.8 Å². The number of anilines is 2. The van der Waals surface area contributed by atoms with E-state index in [-0.39, 0.29) is 18.9 Å². The van der Waals surface area contributed by atoms with E-state index in [1.165, 1.54) is 0 Å². The van der Waals surface area contributed by atoms with Crippen LogP contribution < -0.4 is 15.8 Å². The van der Waals surface area contributed by atoms with E-state index in [0.29, 0.717) is 22.1 Å². The maximum absolute atomic E-state index is 11.8. The van der Waals surface area contributed by atoms with Crippen LogP contribution >= 0.6 is 11.6 Å². The first-order valence-electron chi connectivity index (χ1n) is 6.59. The van der Waals surface area contributed by atoms with Gasteiger partial charge in [0.2, 0.25) is 5.91 Å². The van der Waals surface area contributed by atoms with Gasteiger partial charge in [-0.15, -0.1) is 0 Å². The van der Waals surface area contributed by atoms with Crippen molar-refractivity contribution in [3.63, 3.8) is 0 Å². The second-order valence-electron chi connectivity index (χ2n) is 4.68. The predicted octanol–water partition coefficient (Wildman–Crippen LogP) is 3.64. The van der Waals surface area contributed by atoms with Gasteiger partial charge in [0.15, 0.2) is 0 Å². The molecule has 2 aromatic rings. The first-order valence-corrected chi connectivity index (χ1v) is 6.97. The quantitative estimate of drug-likeness (QED) is 0.829. The Hall–Kier alpha value is -2.20. The summed E-state index contributed by atoms with van der Waals surface area (Å²) in [6, 6.07) is 12.5. The third-order valence-corrected chi connectivity index (χ3v) is 3.32. The topological polar surface area (TPSA) is 64.3 Å². The molecule has 0 aliphatic carbocycles. The lowest BCUT2D eigenvalue weighted by Crippen LogP contribution is -2.15. The fraction of sp³-hybridized carbons (Fsp3) is 0.188. The van der Waals surface area contributed by atoms with Gasteiger partial charge in [-0.25, -0.2) is 0 Å². The van der Waals surface area contributed by atoms with E-state index < -0.39 is 0 Å². The van der Waals surface area contributed by atoms with Crippen LogP contribution in [-0.4, -0.2) is 12.5 Å². The van der Waals surface area contributed by atoms with Gasteiger partial charge in [0, 0.05) is 22.5 Å². The van der Waals surface area contributed by atoms with E-state index in [4.69, 9.17) is 22.1 Å². The van der Waals surface area contributed by atoms with Crippen LogP contribution in [0.25, 0.3) is 0 Å². The fourth-order valence-corrected chi connectivity index (χ4v) is 1.94. The number of nitrogen functional groups attached to an aromatic ring is 1. The maximum Gasteiger partial charge on any atom is 0.227 e. The van der Waals surface area contributed by atoms with Crippen molar-refractivity contribution in [2.75, 3.05) is 17.7 Å². The van der Waals surface area contributed by atoms with Crippen molar-refractivity contribution in [3.8, 4) is 5.75 Å². The molecule has 0 heterocycles. The summed E-state index contributed by atoms with van der Waals surface area (Å²) in [7, 11) is 0. The van der Waals surface area contributed by atoms with E-state index in [2.05, 4.69) is 5.32 Å². The van der Waals surface area contributed by atoms with Crippen LogP contribution in [0.1, 0.15) is 12.0 Å². The Morgan fingerprint density at radius 1 is 1.29 bits per heavy atom. The number of halogens is 1. The Labute approximate surface area is 128 Å². The van der Waals surface area contributed by atoms with Gasteiger partial charge in [0.05, 0.1) is 13.0 Å². The van der Waals surface area contributed by atoms with Crippen LogP contribution in [0.5, 0.6) is 5.75 Å². The number of hydrogen-bond acceptors (Lipinski definition) is 3. The normalized spacial score (nSPS) is 10.2. The van der Waals surface area contributed by atoms with Crippen molar-refractivity contribution in [1.29, 1.82) is 0 Å². The summed E-state index contributed by atoms with van der Waals surface area (Å²) in [5, 5.41) is 3.41. The van der Waals surface area contributed by atoms with Crippen molar-refractivity contribution in [2.24, 2.45) is 0 Å². The minimum Gasteiger partial charge on any atom is -0.493 e. The zero-order valence-corrected chi connectivity index (χ0v) is 12.5. The molecule has 0 bridgehead atoms. The Morgan fingerprint density at radius 2 is 2.10 bits per heavy atom. The third kappa shape index (κ3) is 4.68. The SMILES string of the molecule is Cc1ccc(NC(=O)CCOc2cccc(N)c2)cc1Cl. The molecular weight excluding hydrogens is 288 g/mol. The molecule has 21 heavy (non-hydrogen) atoms. The van der Waals surface area contributed by atoms with Crippen LogP contribution in [0.3, 0.4) is 0 Å². The molecular formula is C16H17ClN2O2. The van der Waals surface area contributed by atoms with Gasteiger partial charge in [-0.1, -0.05) is 23.7 Å². The second-order valence-corrected chi connectivity index (χ2v) is 5.09. The summed E-state index contributed by atoms with van der Waals surface area (Å²) < 4.78 is 5.47. The maximum atomic E-state index is 11.8. The van der Waals surface area contributed by atoms with E-state index in [1.54, 1.807) is 30.3 Å². The summed E-state index contributed by atoms with van der Waals surface area (Å²) >= 11 is 6.01. The number of carbonyl (C=O) groups excluding carboxylic acids is 1. The standard InChI is InChI=1S/C16H17ClN2O2/c1-11-5-6-13(10-15(11)17)19-16(20)7-8-21-14-4-2-3-12(18)9-14/h2-6,9-10H,7-8,18H2,1H3,(H,19,20). The first kappa shape index (κ1) is 15.2. The molecule has 2 rings (SSSR count). The number of nitrogens with two attached hydrogens (primary N) is 1. The zero-order chi connectivity index (χ0) is 15.2. The van der Waals surface area contributed by atoms with Crippen molar-refractivity contribution in [1.82, 2.24) is 0 Å². The highest BCUT2D eigenvalue weighted by molar-refractivity contribution is 6.31. The number of amides is 1. The summed E-state index contributed by atoms with van der Waals surface area (Å²) in [5.74, 6) is 0.528. The number of rotatable bonds is 5. The number of nitrogens with one attached hydrogen (secondary N) is 1. The van der Waals surface area contributed by atoms with Gasteiger partial charge in [-0.05, 0) is 36.8 Å². The molecule has 4 nitrogen and oxygen atoms in total. The fourth-order valence-electron chi connectivity index (χ4n) is 1.76. The highest BCUT2D eigenvalue weighted by Gasteiger charge is 2.04. The molecule has 1 amide bonds. The molecule has 2 aromatic carbocycles. The molecule has 0 saturated carbocycles. The molecule has 0 spiro atoms. The molecule has 0 aliphatic heterocycles. The average molecular weight is 305 g/mol. The predicted molar refractivity (Wildman–Crippen MR) is 85.8 cm³/mol. The Kier molecular flexibility index (Phi) is 5.06. The van der Waals surface area contributed by atoms with E-state index in [1.807, 2.05) is 19.1 Å². The molecule has 3 N–H and O–H groups in total. The lowest BCUT2D eigenvalue weighted by molar-refractivity contribution is -0.116. The van der Waals surface area contributed by atoms with E-state index in [0.717, 1.165) is 5.56 Å². The molecule has 110 valence electrons. The molecule has 0 unspecified atom stereocenters. The Morgan fingerprint density at radius 3 is 2.81 bits per heavy atom. The van der Waals surface area contributed by atoms with Crippen LogP contribution in [-0.2, 0) is 4.79 Å². The number of benzene rings is 2. The summed E-state index contributed by atoms with van der Waals surface area (Å²) in [6.45, 7) is 2.20. The summed E-state index contributed by atoms with van der Waals surface area (Å²) in [4.78, 5) is 11.8. The Bertz CT molecular complexity index is 644. The van der Waals surface area contributed by atoms with Crippen molar-refractivity contribution in [2.45, 2.75) is 13.3 Å². The molecule has 5 heteroatoms. The lowest BCUT2D eigenvalue weighted by atomic mass is 10.2. The molecule has 0 fully saturated rings. The minimum atomic E-state index is -0.126. The molecule has 0 radical (unpaired) electrons. The number of aryl methyl sites for hydroxylation is 1. The molecule has 0 atom stereocenters. The van der Waals surface area contributed by atoms with Crippen LogP contribution in [0, 0.1) is 6.92 Å². The lowest BCUT2D eigenvalue weighted by Gasteiger charge is -2.08. The van der Waals surface area contributed by atoms with E-state index >= 15 is 0 Å². The van der Waals surface area contributed by atoms with Gasteiger partial charge in [0.25, 0.3) is 0 Å². The summed E-state index contributed by atoms with van der Waals surface area (Å²) in [5.41, 5.74) is 7.93. The van der Waals surface area contributed by atoms with Crippen molar-refractivity contribution < 1.29 is 9.53 Å². The number of hydrogen-bond donors (Lipinski definition) is 2. The number of carbonyl (C=O) groups is 1. The van der Waals surface area contributed by atoms with Gasteiger partial charge in [-0.3, -0.25) is 4.79 Å². The largest absolute Gasteiger partial charge is 0.493 e. The van der Waals surface area contributed by atoms with Crippen LogP contribution in [0.4, 0.5) is 11.4 Å². The highest BCUT2D eigenvalue weighted by Crippen LogP contribution is 2.20. The third-order valence-electron chi connectivity index (χ3n) is 2.91. The average Bonchev–Trinajstić information content (AvgIpc) is 2.43. The summed E-state index contributed by atoms with van der Waals surface area (Å²) in [6.07, 6.45) is 0.250.